The summed E-state index contributed by atoms with van der Waals surface area (Å²) in [5, 5.41) is 6.57. The van der Waals surface area contributed by atoms with E-state index in [1.165, 1.54) is 0 Å². The zero-order chi connectivity index (χ0) is 21.8. The van der Waals surface area contributed by atoms with E-state index in [1.807, 2.05) is 57.2 Å². The summed E-state index contributed by atoms with van der Waals surface area (Å²) in [6.45, 7) is 10.6. The van der Waals surface area contributed by atoms with Crippen LogP contribution >= 0.6 is 0 Å². The van der Waals surface area contributed by atoms with Crippen molar-refractivity contribution in [1.29, 1.82) is 0 Å². The molecule has 7 nitrogen and oxygen atoms in total. The van der Waals surface area contributed by atoms with Crippen molar-refractivity contribution < 1.29 is 14.2 Å². The molecule has 2 rings (SSSR count). The molecule has 0 unspecified atom stereocenters. The predicted octanol–water partition coefficient (Wildman–Crippen LogP) is 4.14. The zero-order valence-corrected chi connectivity index (χ0v) is 18.7. The smallest absolute Gasteiger partial charge is 0.224 e. The Kier molecular flexibility index (Phi) is 9.41. The third-order valence-electron chi connectivity index (χ3n) is 4.35. The maximum absolute atomic E-state index is 6.10. The summed E-state index contributed by atoms with van der Waals surface area (Å²) in [5.74, 6) is 2.57. The topological polar surface area (TPSA) is 77.0 Å². The first-order chi connectivity index (χ1) is 14.5. The van der Waals surface area contributed by atoms with Crippen molar-refractivity contribution in [2.45, 2.75) is 46.3 Å². The molecule has 0 aliphatic heterocycles. The molecule has 0 radical (unpaired) electrons. The van der Waals surface area contributed by atoms with E-state index in [2.05, 4.69) is 27.5 Å². The third-order valence-corrected chi connectivity index (χ3v) is 4.35. The number of aromatic nitrogens is 1. The minimum Gasteiger partial charge on any atom is -0.490 e. The van der Waals surface area contributed by atoms with Crippen LogP contribution in [0.3, 0.4) is 0 Å². The van der Waals surface area contributed by atoms with Crippen LogP contribution in [0.4, 0.5) is 0 Å². The Morgan fingerprint density at radius 3 is 2.53 bits per heavy atom. The molecule has 7 heteroatoms. The molecule has 30 heavy (non-hydrogen) atoms. The lowest BCUT2D eigenvalue weighted by Crippen LogP contribution is -2.45. The van der Waals surface area contributed by atoms with Crippen molar-refractivity contribution >= 4 is 5.96 Å². The molecule has 0 aliphatic rings. The van der Waals surface area contributed by atoms with Crippen molar-refractivity contribution in [2.24, 2.45) is 4.99 Å². The van der Waals surface area contributed by atoms with E-state index in [0.717, 1.165) is 18.5 Å². The average Bonchev–Trinajstić information content (AvgIpc) is 2.76. The van der Waals surface area contributed by atoms with E-state index in [1.54, 1.807) is 13.3 Å². The summed E-state index contributed by atoms with van der Waals surface area (Å²) < 4.78 is 17.4. The molecule has 0 saturated heterocycles. The van der Waals surface area contributed by atoms with Crippen LogP contribution in [-0.2, 0) is 11.3 Å². The van der Waals surface area contributed by atoms with E-state index in [4.69, 9.17) is 14.2 Å². The van der Waals surface area contributed by atoms with E-state index >= 15 is 0 Å². The molecule has 1 aromatic heterocycles. The van der Waals surface area contributed by atoms with Gasteiger partial charge in [-0.3, -0.25) is 0 Å². The minimum atomic E-state index is -0.291. The Morgan fingerprint density at radius 2 is 1.83 bits per heavy atom. The fraction of sp³-hybridized carbons (Fsp3) is 0.478. The number of hydrogen-bond acceptors (Lipinski definition) is 5. The lowest BCUT2D eigenvalue weighted by atomic mass is 10.1. The first-order valence-electron chi connectivity index (χ1n) is 10.4. The van der Waals surface area contributed by atoms with Crippen LogP contribution in [0, 0.1) is 0 Å². The number of rotatable bonds is 11. The first kappa shape index (κ1) is 23.5. The summed E-state index contributed by atoms with van der Waals surface area (Å²) in [6.07, 6.45) is 2.64. The lowest BCUT2D eigenvalue weighted by molar-refractivity contribution is 0.0268. The Labute approximate surface area is 179 Å². The third kappa shape index (κ3) is 7.55. The standard InChI is InChI=1S/C23H34N4O3/c1-6-15-29-19-12-8-9-13-20(19)30-21-18(11-10-14-25-21)16-26-22(24-7-2)27-17-23(3,4)28-5/h8-14H,6-7,15-17H2,1-5H3,(H2,24,26,27). The molecule has 1 heterocycles. The maximum Gasteiger partial charge on any atom is 0.224 e. The van der Waals surface area contributed by atoms with E-state index in [0.29, 0.717) is 43.0 Å². The minimum absolute atomic E-state index is 0.291. The molecule has 0 spiro atoms. The molecule has 1 aromatic carbocycles. The normalized spacial score (nSPS) is 11.8. The van der Waals surface area contributed by atoms with E-state index < -0.39 is 0 Å². The maximum atomic E-state index is 6.10. The molecular weight excluding hydrogens is 380 g/mol. The van der Waals surface area contributed by atoms with Crippen LogP contribution in [0.2, 0.25) is 0 Å². The molecule has 0 amide bonds. The fourth-order valence-corrected chi connectivity index (χ4v) is 2.48. The van der Waals surface area contributed by atoms with Crippen molar-refractivity contribution in [3.05, 3.63) is 48.2 Å². The summed E-state index contributed by atoms with van der Waals surface area (Å²) >= 11 is 0. The summed E-state index contributed by atoms with van der Waals surface area (Å²) in [7, 11) is 1.70. The van der Waals surface area contributed by atoms with Crippen molar-refractivity contribution in [2.75, 3.05) is 26.8 Å². The quantitative estimate of drug-likeness (QED) is 0.425. The van der Waals surface area contributed by atoms with Crippen LogP contribution in [-0.4, -0.2) is 43.4 Å². The number of ether oxygens (including phenoxy) is 3. The number of nitrogens with one attached hydrogen (secondary N) is 2. The number of hydrogen-bond donors (Lipinski definition) is 2. The second-order valence-electron chi connectivity index (χ2n) is 7.38. The summed E-state index contributed by atoms with van der Waals surface area (Å²) in [6, 6.07) is 11.5. The average molecular weight is 415 g/mol. The van der Waals surface area contributed by atoms with Gasteiger partial charge in [0.2, 0.25) is 5.88 Å². The number of para-hydroxylation sites is 2. The predicted molar refractivity (Wildman–Crippen MR) is 120 cm³/mol. The molecule has 164 valence electrons. The molecule has 0 fully saturated rings. The first-order valence-corrected chi connectivity index (χ1v) is 10.4. The van der Waals surface area contributed by atoms with Gasteiger partial charge in [-0.15, -0.1) is 0 Å². The molecule has 0 aliphatic carbocycles. The highest BCUT2D eigenvalue weighted by Gasteiger charge is 2.16. The van der Waals surface area contributed by atoms with Crippen molar-refractivity contribution in [3.8, 4) is 17.4 Å². The highest BCUT2D eigenvalue weighted by molar-refractivity contribution is 5.79. The monoisotopic (exact) mass is 414 g/mol. The summed E-state index contributed by atoms with van der Waals surface area (Å²) in [4.78, 5) is 9.09. The van der Waals surface area contributed by atoms with Crippen molar-refractivity contribution in [1.82, 2.24) is 15.6 Å². The SMILES string of the molecule is CCCOc1ccccc1Oc1ncccc1CN=C(NCC)NCC(C)(C)OC. The van der Waals surface area contributed by atoms with Gasteiger partial charge in [0.1, 0.15) is 0 Å². The van der Waals surface area contributed by atoms with Crippen LogP contribution < -0.4 is 20.1 Å². The number of benzene rings is 1. The van der Waals surface area contributed by atoms with Crippen LogP contribution in [0.15, 0.2) is 47.6 Å². The molecule has 2 N–H and O–H groups in total. The number of methoxy groups -OCH3 is 1. The van der Waals surface area contributed by atoms with E-state index in [9.17, 15) is 0 Å². The number of nitrogens with zero attached hydrogens (tertiary/aromatic N) is 2. The second kappa shape index (κ2) is 12.0. The van der Waals surface area contributed by atoms with Gasteiger partial charge < -0.3 is 24.8 Å². The molecule has 0 bridgehead atoms. The fourth-order valence-electron chi connectivity index (χ4n) is 2.48. The van der Waals surface area contributed by atoms with Crippen LogP contribution in [0.1, 0.15) is 39.7 Å². The van der Waals surface area contributed by atoms with Gasteiger partial charge >= 0.3 is 0 Å². The largest absolute Gasteiger partial charge is 0.490 e. The zero-order valence-electron chi connectivity index (χ0n) is 18.7. The number of aliphatic imine (C=N–C) groups is 1. The van der Waals surface area contributed by atoms with Gasteiger partial charge in [-0.2, -0.15) is 0 Å². The molecule has 0 saturated carbocycles. The molecule has 0 atom stereocenters. The Bertz CT molecular complexity index is 809. The Balaban J connectivity index is 2.15. The second-order valence-corrected chi connectivity index (χ2v) is 7.38. The van der Waals surface area contributed by atoms with Gasteiger partial charge in [0, 0.05) is 32.0 Å². The highest BCUT2D eigenvalue weighted by Crippen LogP contribution is 2.32. The lowest BCUT2D eigenvalue weighted by Gasteiger charge is -2.24. The number of pyridine rings is 1. The van der Waals surface area contributed by atoms with E-state index in [-0.39, 0.29) is 5.60 Å². The van der Waals surface area contributed by atoms with Gasteiger partial charge in [-0.1, -0.05) is 25.1 Å². The van der Waals surface area contributed by atoms with Crippen molar-refractivity contribution in [3.63, 3.8) is 0 Å². The van der Waals surface area contributed by atoms with Crippen LogP contribution in [0.25, 0.3) is 0 Å². The molecule has 2 aromatic rings. The van der Waals surface area contributed by atoms with Gasteiger partial charge in [0.15, 0.2) is 17.5 Å². The Hall–Kier alpha value is -2.80. The Morgan fingerprint density at radius 1 is 1.07 bits per heavy atom. The van der Waals surface area contributed by atoms with Crippen LogP contribution in [0.5, 0.6) is 17.4 Å². The highest BCUT2D eigenvalue weighted by atomic mass is 16.5. The van der Waals surface area contributed by atoms with Gasteiger partial charge in [-0.25, -0.2) is 9.98 Å². The summed E-state index contributed by atoms with van der Waals surface area (Å²) in [5.41, 5.74) is 0.590. The van der Waals surface area contributed by atoms with Gasteiger partial charge in [0.25, 0.3) is 0 Å². The number of guanidine groups is 1. The van der Waals surface area contributed by atoms with Gasteiger partial charge in [0.05, 0.1) is 18.8 Å². The van der Waals surface area contributed by atoms with Gasteiger partial charge in [-0.05, 0) is 45.4 Å². The molecular formula is C23H34N4O3.